The summed E-state index contributed by atoms with van der Waals surface area (Å²) in [5, 5.41) is 166. The van der Waals surface area contributed by atoms with Crippen molar-refractivity contribution in [3.8, 4) is 0 Å². The zero-order valence-corrected chi connectivity index (χ0v) is 45.4. The van der Waals surface area contributed by atoms with Gasteiger partial charge in [-0.2, -0.15) is 0 Å². The maximum atomic E-state index is 14.8. The Hall–Kier alpha value is -1.63. The minimum atomic E-state index is -2.95. The summed E-state index contributed by atoms with van der Waals surface area (Å²) in [7, 11) is 0. The third kappa shape index (κ3) is 8.97. The van der Waals surface area contributed by atoms with E-state index in [1.54, 1.807) is 0 Å². The van der Waals surface area contributed by atoms with Crippen molar-refractivity contribution in [3.05, 3.63) is 11.6 Å². The molecule has 0 spiro atoms. The van der Waals surface area contributed by atoms with E-state index >= 15 is 0 Å². The summed E-state index contributed by atoms with van der Waals surface area (Å²) in [6, 6.07) is 0. The van der Waals surface area contributed by atoms with Crippen LogP contribution in [0.2, 0.25) is 0 Å². The molecule has 29 atom stereocenters. The summed E-state index contributed by atoms with van der Waals surface area (Å²) >= 11 is 0. The largest absolute Gasteiger partial charge is 0.432 e. The van der Waals surface area contributed by atoms with E-state index in [0.29, 0.717) is 51.4 Å². The maximum absolute atomic E-state index is 14.8. The molecule has 9 rings (SSSR count). The van der Waals surface area contributed by atoms with Crippen molar-refractivity contribution in [2.45, 2.75) is 248 Å². The van der Waals surface area contributed by atoms with Gasteiger partial charge in [0.2, 0.25) is 6.29 Å². The smallest absolute Gasteiger partial charge is 0.315 e. The van der Waals surface area contributed by atoms with Crippen LogP contribution in [0.5, 0.6) is 0 Å². The van der Waals surface area contributed by atoms with E-state index in [1.807, 2.05) is 13.8 Å². The molecule has 0 bridgehead atoms. The summed E-state index contributed by atoms with van der Waals surface area (Å²) in [5.41, 5.74) is -5.79. The van der Waals surface area contributed by atoms with Gasteiger partial charge in [-0.3, -0.25) is 4.79 Å². The third-order valence-electron chi connectivity index (χ3n) is 22.0. The van der Waals surface area contributed by atoms with Crippen LogP contribution in [0.4, 0.5) is 0 Å². The van der Waals surface area contributed by atoms with Crippen molar-refractivity contribution in [1.82, 2.24) is 0 Å². The fraction of sp³-hybridized carbons (Fsp3) is 0.944. The minimum absolute atomic E-state index is 0.0479. The lowest BCUT2D eigenvalue weighted by atomic mass is 9.33. The van der Waals surface area contributed by atoms with Gasteiger partial charge in [-0.25, -0.2) is 0 Å². The molecule has 5 aliphatic carbocycles. The lowest BCUT2D eigenvalue weighted by Gasteiger charge is -2.71. The van der Waals surface area contributed by atoms with Crippen molar-refractivity contribution in [1.29, 1.82) is 0 Å². The molecule has 4 heterocycles. The highest BCUT2D eigenvalue weighted by Gasteiger charge is 2.73. The molecule has 23 nitrogen and oxygen atoms in total. The van der Waals surface area contributed by atoms with Crippen LogP contribution in [0.3, 0.4) is 0 Å². The van der Waals surface area contributed by atoms with Crippen LogP contribution >= 0.6 is 0 Å². The fourth-order valence-electron chi connectivity index (χ4n) is 16.9. The first-order valence-corrected chi connectivity index (χ1v) is 27.8. The molecule has 0 amide bonds. The molecule has 15 N–H and O–H groups in total. The van der Waals surface area contributed by atoms with E-state index < -0.39 is 188 Å². The number of hydrogen-bond acceptors (Lipinski definition) is 23. The Morgan fingerprint density at radius 3 is 1.79 bits per heavy atom. The molecule has 4 aliphatic heterocycles. The lowest BCUT2D eigenvalue weighted by Crippen LogP contribution is -2.78. The molecule has 77 heavy (non-hydrogen) atoms. The number of carbonyl (C=O) groups is 1. The summed E-state index contributed by atoms with van der Waals surface area (Å²) in [6.45, 7) is 13.8. The Balaban J connectivity index is 1.03. The molecule has 442 valence electrons. The summed E-state index contributed by atoms with van der Waals surface area (Å²) < 4.78 is 42.8. The third-order valence-corrected chi connectivity index (χ3v) is 22.0. The van der Waals surface area contributed by atoms with Crippen molar-refractivity contribution < 1.29 is 115 Å². The standard InChI is InChI=1S/C54H88O23/c1-22-31(58)34(61)38(65)44(71-22)76-43-46(74-26(21-57)40(67)54(43,70)42-37(64)35(62)32(59)24(19-55)72-42)75-29-12-13-50(6)27(49(29,4)5)11-14-52(8)28(50)10-9-23-30-41(68)48(2,3)15-17-53(30,18-16-51(23,52)7)47(69)77-45-39(66)36(63)33(60)25(20-56)73-45/h9,22,24-46,55-68,70H,10-21H2,1-8H3/t22-,24+,25+,26+,27-,28+,29-,30+,31-,32+,33+,34+,35-,36-,37+,38+,39+,40+,41-,42+,43-,44-,45-,46-,50-,51+,52+,53-,54+/m0/s1. The number of fused-ring (bicyclic) bond motifs is 7. The SMILES string of the molecule is C[C@@H]1O[C@@H](O[C@H]2[C@H](O[C@H]3CC[C@]4(C)[C@H]5CC=C6[C@@H]7[C@H](O)C(C)(C)CC[C@]7(C(=O)O[C@@H]7O[C@H](CO)[C@@H](O)[C@H](O)[C@H]7O)CC[C@@]6(C)[C@]5(C)CC[C@H]4C3(C)C)O[C@H](CO)[C@@H](O)[C@@]2(O)[C@@H]2O[C@H](CO)[C@@H](O)[C@H](O)[C@H]2O)[C@H](O)[C@H](O)[C@H]1O. The van der Waals surface area contributed by atoms with Crippen LogP contribution in [0.1, 0.15) is 113 Å². The molecule has 0 aromatic rings. The maximum Gasteiger partial charge on any atom is 0.315 e. The molecule has 23 heteroatoms. The number of carbonyl (C=O) groups excluding carboxylic acids is 1. The quantitative estimate of drug-likeness (QED) is 0.0604. The van der Waals surface area contributed by atoms with Crippen LogP contribution in [-0.4, -0.2) is 237 Å². The predicted molar refractivity (Wildman–Crippen MR) is 263 cm³/mol. The molecule has 8 fully saturated rings. The summed E-state index contributed by atoms with van der Waals surface area (Å²) in [6.07, 6.45) is -28.6. The number of rotatable bonds is 10. The minimum Gasteiger partial charge on any atom is -0.432 e. The predicted octanol–water partition coefficient (Wildman–Crippen LogP) is -2.65. The van der Waals surface area contributed by atoms with Gasteiger partial charge in [0.1, 0.15) is 91.6 Å². The molecule has 4 saturated heterocycles. The fourth-order valence-corrected chi connectivity index (χ4v) is 16.9. The Morgan fingerprint density at radius 1 is 0.584 bits per heavy atom. The monoisotopic (exact) mass is 1100 g/mol. The molecular weight excluding hydrogens is 1020 g/mol. The van der Waals surface area contributed by atoms with E-state index in [9.17, 15) is 81.4 Å². The van der Waals surface area contributed by atoms with Gasteiger partial charge in [-0.1, -0.05) is 60.1 Å². The van der Waals surface area contributed by atoms with E-state index in [2.05, 4.69) is 40.7 Å². The van der Waals surface area contributed by atoms with E-state index in [4.69, 9.17) is 33.2 Å². The molecule has 9 aliphatic rings. The van der Waals surface area contributed by atoms with Crippen LogP contribution < -0.4 is 0 Å². The van der Waals surface area contributed by atoms with Gasteiger partial charge < -0.3 is 110 Å². The second kappa shape index (κ2) is 20.9. The van der Waals surface area contributed by atoms with Gasteiger partial charge in [-0.15, -0.1) is 0 Å². The number of aliphatic hydroxyl groups is 15. The molecule has 0 aromatic carbocycles. The van der Waals surface area contributed by atoms with Crippen molar-refractivity contribution in [3.63, 3.8) is 0 Å². The first kappa shape index (κ1) is 60.0. The van der Waals surface area contributed by atoms with Crippen molar-refractivity contribution in [2.24, 2.45) is 50.2 Å². The second-order valence-electron chi connectivity index (χ2n) is 26.5. The van der Waals surface area contributed by atoms with Crippen LogP contribution in [0.25, 0.3) is 0 Å². The second-order valence-corrected chi connectivity index (χ2v) is 26.5. The van der Waals surface area contributed by atoms with Gasteiger partial charge in [0.15, 0.2) is 18.2 Å². The van der Waals surface area contributed by atoms with Crippen LogP contribution in [0.15, 0.2) is 11.6 Å². The van der Waals surface area contributed by atoms with Crippen molar-refractivity contribution in [2.75, 3.05) is 19.8 Å². The Bertz CT molecular complexity index is 2160. The van der Waals surface area contributed by atoms with Crippen LogP contribution in [-0.2, 0) is 38.0 Å². The average molecular weight is 1110 g/mol. The Kier molecular flexibility index (Phi) is 16.3. The number of allylic oxidation sites excluding steroid dienone is 1. The van der Waals surface area contributed by atoms with Gasteiger partial charge in [-0.05, 0) is 104 Å². The normalized spacial score (nSPS) is 55.4. The van der Waals surface area contributed by atoms with Crippen LogP contribution in [0, 0.1) is 50.2 Å². The zero-order chi connectivity index (χ0) is 56.7. The van der Waals surface area contributed by atoms with Gasteiger partial charge in [0.05, 0.1) is 43.5 Å². The highest BCUT2D eigenvalue weighted by Crippen LogP contribution is 2.76. The topological polar surface area (TPSA) is 385 Å². The molecule has 0 unspecified atom stereocenters. The summed E-state index contributed by atoms with van der Waals surface area (Å²) in [4.78, 5) is 14.8. The number of esters is 1. The first-order chi connectivity index (χ1) is 35.9. The first-order valence-electron chi connectivity index (χ1n) is 27.8. The lowest BCUT2D eigenvalue weighted by molar-refractivity contribution is -0.416. The number of hydrogen-bond donors (Lipinski definition) is 15. The van der Waals surface area contributed by atoms with Crippen molar-refractivity contribution >= 4 is 5.97 Å². The van der Waals surface area contributed by atoms with Gasteiger partial charge in [0, 0.05) is 5.92 Å². The van der Waals surface area contributed by atoms with Gasteiger partial charge in [0.25, 0.3) is 0 Å². The average Bonchev–Trinajstić information content (AvgIpc) is 3.56. The molecule has 0 aromatic heterocycles. The Labute approximate surface area is 448 Å². The Morgan fingerprint density at radius 2 is 1.16 bits per heavy atom. The van der Waals surface area contributed by atoms with Gasteiger partial charge >= 0.3 is 5.97 Å². The summed E-state index contributed by atoms with van der Waals surface area (Å²) in [5.74, 6) is -1.36. The molecule has 4 saturated carbocycles. The zero-order valence-electron chi connectivity index (χ0n) is 45.4. The number of ether oxygens (including phenoxy) is 7. The van der Waals surface area contributed by atoms with E-state index in [-0.39, 0.29) is 22.7 Å². The van der Waals surface area contributed by atoms with E-state index in [1.165, 1.54) is 6.92 Å². The number of aliphatic hydroxyl groups excluding tert-OH is 14. The highest BCUT2D eigenvalue weighted by atomic mass is 16.8. The molecule has 0 radical (unpaired) electrons. The highest BCUT2D eigenvalue weighted by molar-refractivity contribution is 5.79. The van der Waals surface area contributed by atoms with E-state index in [0.717, 1.165) is 12.0 Å². The molecular formula is C54H88O23.